The van der Waals surface area contributed by atoms with E-state index >= 15 is 0 Å². The Bertz CT molecular complexity index is 440. The molecule has 1 aromatic carbocycles. The van der Waals surface area contributed by atoms with Gasteiger partial charge in [-0.05, 0) is 18.1 Å². The molecule has 0 bridgehead atoms. The fourth-order valence-electron chi connectivity index (χ4n) is 1.65. The largest absolute Gasteiger partial charge is 0.491 e. The minimum absolute atomic E-state index is 0.141. The zero-order valence-corrected chi connectivity index (χ0v) is 9.62. The first-order valence-electron chi connectivity index (χ1n) is 5.67. The topological polar surface area (TPSA) is 47.3 Å². The van der Waals surface area contributed by atoms with E-state index in [1.54, 1.807) is 12.5 Å². The van der Waals surface area contributed by atoms with Gasteiger partial charge < -0.3 is 14.4 Å². The molecule has 1 aromatic heterocycles. The van der Waals surface area contributed by atoms with Gasteiger partial charge in [-0.25, -0.2) is 4.98 Å². The third kappa shape index (κ3) is 3.32. The summed E-state index contributed by atoms with van der Waals surface area (Å²) in [6, 6.07) is 7.79. The molecule has 0 aliphatic heterocycles. The van der Waals surface area contributed by atoms with Crippen molar-refractivity contribution in [3.8, 4) is 5.75 Å². The smallest absolute Gasteiger partial charge is 0.122 e. The molecule has 2 rings (SSSR count). The van der Waals surface area contributed by atoms with Crippen LogP contribution < -0.4 is 4.74 Å². The van der Waals surface area contributed by atoms with Crippen LogP contribution in [0.1, 0.15) is 5.56 Å². The van der Waals surface area contributed by atoms with Crippen molar-refractivity contribution < 1.29 is 9.84 Å². The molecular formula is C13H16N2O2. The maximum absolute atomic E-state index is 8.95. The lowest BCUT2D eigenvalue weighted by molar-refractivity contribution is 0.281. The molecule has 0 unspecified atom stereocenters. The van der Waals surface area contributed by atoms with Crippen molar-refractivity contribution >= 4 is 0 Å². The van der Waals surface area contributed by atoms with Crippen molar-refractivity contribution in [2.24, 2.45) is 0 Å². The number of imidazole rings is 1. The van der Waals surface area contributed by atoms with E-state index in [-0.39, 0.29) is 6.61 Å². The van der Waals surface area contributed by atoms with Crippen LogP contribution in [0.3, 0.4) is 0 Å². The normalized spacial score (nSPS) is 10.4. The number of benzene rings is 1. The second-order valence-corrected chi connectivity index (χ2v) is 3.73. The van der Waals surface area contributed by atoms with E-state index in [0.717, 1.165) is 17.9 Å². The van der Waals surface area contributed by atoms with E-state index < -0.39 is 0 Å². The summed E-state index contributed by atoms with van der Waals surface area (Å²) in [6.45, 7) is 1.51. The predicted octanol–water partition coefficient (Wildman–Crippen LogP) is 1.50. The number of aliphatic hydroxyl groups excluding tert-OH is 1. The number of hydrogen-bond donors (Lipinski definition) is 1. The number of ether oxygens (including phenoxy) is 1. The van der Waals surface area contributed by atoms with Gasteiger partial charge in [0, 0.05) is 19.0 Å². The van der Waals surface area contributed by atoms with Crippen molar-refractivity contribution in [3.63, 3.8) is 0 Å². The zero-order chi connectivity index (χ0) is 11.9. The minimum atomic E-state index is 0.141. The monoisotopic (exact) mass is 232 g/mol. The van der Waals surface area contributed by atoms with Crippen molar-refractivity contribution in [2.45, 2.75) is 13.0 Å². The van der Waals surface area contributed by atoms with Crippen LogP contribution in [0.2, 0.25) is 0 Å². The Balaban J connectivity index is 1.89. The van der Waals surface area contributed by atoms with Gasteiger partial charge in [0.2, 0.25) is 0 Å². The fourth-order valence-corrected chi connectivity index (χ4v) is 1.65. The molecule has 90 valence electrons. The van der Waals surface area contributed by atoms with E-state index in [1.807, 2.05) is 35.0 Å². The number of hydrogen-bond acceptors (Lipinski definition) is 3. The van der Waals surface area contributed by atoms with E-state index in [1.165, 1.54) is 0 Å². The average Bonchev–Trinajstić information content (AvgIpc) is 2.85. The molecule has 0 amide bonds. The summed E-state index contributed by atoms with van der Waals surface area (Å²) >= 11 is 0. The highest BCUT2D eigenvalue weighted by Crippen LogP contribution is 2.18. The molecule has 0 saturated carbocycles. The molecule has 0 aliphatic carbocycles. The summed E-state index contributed by atoms with van der Waals surface area (Å²) in [7, 11) is 0. The van der Waals surface area contributed by atoms with E-state index in [0.29, 0.717) is 13.0 Å². The first-order valence-corrected chi connectivity index (χ1v) is 5.67. The standard InChI is InChI=1S/C13H16N2O2/c16-9-5-12-3-1-2-4-13(12)17-10-8-15-7-6-14-11-15/h1-4,6-7,11,16H,5,8-10H2. The minimum Gasteiger partial charge on any atom is -0.491 e. The van der Waals surface area contributed by atoms with Crippen LogP contribution in [0.25, 0.3) is 0 Å². The highest BCUT2D eigenvalue weighted by atomic mass is 16.5. The molecule has 4 nitrogen and oxygen atoms in total. The maximum Gasteiger partial charge on any atom is 0.122 e. The van der Waals surface area contributed by atoms with Crippen molar-refractivity contribution in [3.05, 3.63) is 48.5 Å². The van der Waals surface area contributed by atoms with E-state index in [9.17, 15) is 0 Å². The van der Waals surface area contributed by atoms with Gasteiger partial charge in [0.25, 0.3) is 0 Å². The molecule has 0 spiro atoms. The van der Waals surface area contributed by atoms with Crippen LogP contribution in [0.5, 0.6) is 5.75 Å². The van der Waals surface area contributed by atoms with Crippen LogP contribution in [-0.2, 0) is 13.0 Å². The van der Waals surface area contributed by atoms with E-state index in [2.05, 4.69) is 4.98 Å². The Kier molecular flexibility index (Phi) is 4.16. The quantitative estimate of drug-likeness (QED) is 0.821. The number of aliphatic hydroxyl groups is 1. The number of para-hydroxylation sites is 1. The molecule has 0 radical (unpaired) electrons. The van der Waals surface area contributed by atoms with Crippen LogP contribution in [0.4, 0.5) is 0 Å². The lowest BCUT2D eigenvalue weighted by atomic mass is 10.1. The van der Waals surface area contributed by atoms with Crippen LogP contribution in [-0.4, -0.2) is 27.9 Å². The highest BCUT2D eigenvalue weighted by Gasteiger charge is 2.01. The van der Waals surface area contributed by atoms with Gasteiger partial charge in [0.05, 0.1) is 12.9 Å². The summed E-state index contributed by atoms with van der Waals surface area (Å²) in [5.74, 6) is 0.849. The third-order valence-electron chi connectivity index (χ3n) is 2.52. The Morgan fingerprint density at radius 3 is 2.94 bits per heavy atom. The molecule has 0 aliphatic rings. The van der Waals surface area contributed by atoms with Crippen molar-refractivity contribution in [1.82, 2.24) is 9.55 Å². The fraction of sp³-hybridized carbons (Fsp3) is 0.308. The van der Waals surface area contributed by atoms with Gasteiger partial charge in [0.1, 0.15) is 12.4 Å². The van der Waals surface area contributed by atoms with Gasteiger partial charge in [0.15, 0.2) is 0 Å². The first-order chi connectivity index (χ1) is 8.40. The number of aromatic nitrogens is 2. The van der Waals surface area contributed by atoms with E-state index in [4.69, 9.17) is 9.84 Å². The molecule has 17 heavy (non-hydrogen) atoms. The van der Waals surface area contributed by atoms with Crippen LogP contribution >= 0.6 is 0 Å². The van der Waals surface area contributed by atoms with Crippen molar-refractivity contribution in [2.75, 3.05) is 13.2 Å². The number of rotatable bonds is 6. The van der Waals surface area contributed by atoms with Gasteiger partial charge >= 0.3 is 0 Å². The molecule has 1 heterocycles. The third-order valence-corrected chi connectivity index (χ3v) is 2.52. The van der Waals surface area contributed by atoms with Gasteiger partial charge in [-0.2, -0.15) is 0 Å². The summed E-state index contributed by atoms with van der Waals surface area (Å²) in [4.78, 5) is 3.97. The number of nitrogens with zero attached hydrogens (tertiary/aromatic N) is 2. The first kappa shape index (κ1) is 11.7. The zero-order valence-electron chi connectivity index (χ0n) is 9.62. The van der Waals surface area contributed by atoms with Crippen LogP contribution in [0.15, 0.2) is 43.0 Å². The predicted molar refractivity (Wildman–Crippen MR) is 65.0 cm³/mol. The Morgan fingerprint density at radius 1 is 1.29 bits per heavy atom. The summed E-state index contributed by atoms with van der Waals surface area (Å²) in [5, 5.41) is 8.95. The Hall–Kier alpha value is -1.81. The maximum atomic E-state index is 8.95. The molecule has 4 heteroatoms. The molecule has 1 N–H and O–H groups in total. The highest BCUT2D eigenvalue weighted by molar-refractivity contribution is 5.33. The molecule has 0 saturated heterocycles. The SMILES string of the molecule is OCCc1ccccc1OCCn1ccnc1. The van der Waals surface area contributed by atoms with Crippen molar-refractivity contribution in [1.29, 1.82) is 0 Å². The summed E-state index contributed by atoms with van der Waals surface area (Å²) < 4.78 is 7.67. The second kappa shape index (κ2) is 6.06. The average molecular weight is 232 g/mol. The molecule has 0 atom stereocenters. The van der Waals surface area contributed by atoms with Crippen LogP contribution in [0, 0.1) is 0 Å². The summed E-state index contributed by atoms with van der Waals surface area (Å²) in [5.41, 5.74) is 1.04. The second-order valence-electron chi connectivity index (χ2n) is 3.73. The lowest BCUT2D eigenvalue weighted by Crippen LogP contribution is -2.08. The molecular weight excluding hydrogens is 216 g/mol. The van der Waals surface area contributed by atoms with Gasteiger partial charge in [-0.3, -0.25) is 0 Å². The van der Waals surface area contributed by atoms with Gasteiger partial charge in [-0.15, -0.1) is 0 Å². The summed E-state index contributed by atoms with van der Waals surface area (Å²) in [6.07, 6.45) is 6.05. The van der Waals surface area contributed by atoms with Gasteiger partial charge in [-0.1, -0.05) is 18.2 Å². The lowest BCUT2D eigenvalue weighted by Gasteiger charge is -2.10. The molecule has 0 fully saturated rings. The molecule has 2 aromatic rings. The Labute approximate surface area is 100 Å². The Morgan fingerprint density at radius 2 is 2.18 bits per heavy atom.